The van der Waals surface area contributed by atoms with Crippen LogP contribution in [-0.2, 0) is 6.42 Å². The van der Waals surface area contributed by atoms with Crippen molar-refractivity contribution in [2.45, 2.75) is 31.7 Å². The lowest BCUT2D eigenvalue weighted by molar-refractivity contribution is 0.369. The molecule has 0 saturated carbocycles. The number of rotatable bonds is 4. The van der Waals surface area contributed by atoms with E-state index in [0.29, 0.717) is 11.9 Å². The van der Waals surface area contributed by atoms with E-state index in [2.05, 4.69) is 15.5 Å². The minimum absolute atomic E-state index is 0.622. The van der Waals surface area contributed by atoms with Crippen LogP contribution in [-0.4, -0.2) is 22.7 Å². The molecule has 1 fully saturated rings. The van der Waals surface area contributed by atoms with Crippen molar-refractivity contribution in [2.75, 3.05) is 6.54 Å². The van der Waals surface area contributed by atoms with Crippen molar-refractivity contribution >= 4 is 0 Å². The molecular formula is C14H17N3O. The molecule has 4 nitrogen and oxygen atoms in total. The molecule has 1 unspecified atom stereocenters. The second-order valence-electron chi connectivity index (χ2n) is 4.71. The lowest BCUT2D eigenvalue weighted by Crippen LogP contribution is -2.21. The fourth-order valence-corrected chi connectivity index (χ4v) is 2.36. The summed E-state index contributed by atoms with van der Waals surface area (Å²) in [5.41, 5.74) is 1.01. The second-order valence-corrected chi connectivity index (χ2v) is 4.71. The van der Waals surface area contributed by atoms with Gasteiger partial charge in [-0.1, -0.05) is 35.5 Å². The maximum atomic E-state index is 5.29. The molecule has 1 aliphatic heterocycles. The van der Waals surface area contributed by atoms with Crippen molar-refractivity contribution < 1.29 is 4.52 Å². The normalized spacial score (nSPS) is 19.2. The molecule has 1 saturated heterocycles. The van der Waals surface area contributed by atoms with Gasteiger partial charge in [-0.15, -0.1) is 0 Å². The molecule has 0 spiro atoms. The summed E-state index contributed by atoms with van der Waals surface area (Å²) in [5, 5.41) is 7.50. The third-order valence-corrected chi connectivity index (χ3v) is 3.37. The minimum Gasteiger partial charge on any atom is -0.339 e. The monoisotopic (exact) mass is 243 g/mol. The molecule has 3 rings (SSSR count). The van der Waals surface area contributed by atoms with Crippen LogP contribution in [0.2, 0.25) is 0 Å². The maximum Gasteiger partial charge on any atom is 0.227 e. The molecule has 1 aliphatic rings. The lowest BCUT2D eigenvalue weighted by atomic mass is 10.1. The number of aryl methyl sites for hydroxylation is 1. The Labute approximate surface area is 106 Å². The van der Waals surface area contributed by atoms with E-state index in [1.807, 2.05) is 30.3 Å². The molecule has 18 heavy (non-hydrogen) atoms. The van der Waals surface area contributed by atoms with E-state index in [1.54, 1.807) is 0 Å². The molecule has 0 amide bonds. The van der Waals surface area contributed by atoms with Crippen molar-refractivity contribution in [2.24, 2.45) is 0 Å². The summed E-state index contributed by atoms with van der Waals surface area (Å²) >= 11 is 0. The van der Waals surface area contributed by atoms with Gasteiger partial charge in [-0.2, -0.15) is 4.98 Å². The van der Waals surface area contributed by atoms with E-state index in [0.717, 1.165) is 30.8 Å². The van der Waals surface area contributed by atoms with E-state index in [4.69, 9.17) is 4.52 Å². The van der Waals surface area contributed by atoms with Crippen molar-refractivity contribution in [3.05, 3.63) is 36.2 Å². The fourth-order valence-electron chi connectivity index (χ4n) is 2.36. The first-order valence-corrected chi connectivity index (χ1v) is 6.53. The molecule has 1 atom stereocenters. The molecule has 1 N–H and O–H groups in total. The molecule has 2 heterocycles. The highest BCUT2D eigenvalue weighted by molar-refractivity contribution is 5.53. The van der Waals surface area contributed by atoms with Crippen LogP contribution >= 0.6 is 0 Å². The van der Waals surface area contributed by atoms with Crippen LogP contribution in [0.5, 0.6) is 0 Å². The van der Waals surface area contributed by atoms with Crippen molar-refractivity contribution in [3.63, 3.8) is 0 Å². The first-order valence-electron chi connectivity index (χ1n) is 6.53. The zero-order valence-corrected chi connectivity index (χ0v) is 10.3. The fraction of sp³-hybridized carbons (Fsp3) is 0.429. The minimum atomic E-state index is 0.622. The highest BCUT2D eigenvalue weighted by Crippen LogP contribution is 2.17. The van der Waals surface area contributed by atoms with Crippen LogP contribution in [0, 0.1) is 0 Å². The molecule has 94 valence electrons. The largest absolute Gasteiger partial charge is 0.339 e. The van der Waals surface area contributed by atoms with E-state index in [1.165, 1.54) is 12.8 Å². The van der Waals surface area contributed by atoms with Crippen LogP contribution in [0.15, 0.2) is 34.9 Å². The van der Waals surface area contributed by atoms with Gasteiger partial charge in [-0.25, -0.2) is 0 Å². The number of nitrogens with one attached hydrogen (secondary N) is 1. The number of hydrogen-bond donors (Lipinski definition) is 1. The molecule has 4 heteroatoms. The summed E-state index contributed by atoms with van der Waals surface area (Å²) < 4.78 is 5.29. The Morgan fingerprint density at radius 2 is 2.17 bits per heavy atom. The quantitative estimate of drug-likeness (QED) is 0.896. The van der Waals surface area contributed by atoms with Crippen molar-refractivity contribution in [3.8, 4) is 11.4 Å². The summed E-state index contributed by atoms with van der Waals surface area (Å²) in [6.45, 7) is 1.14. The molecule has 0 radical (unpaired) electrons. The van der Waals surface area contributed by atoms with Gasteiger partial charge in [0, 0.05) is 18.0 Å². The van der Waals surface area contributed by atoms with E-state index in [-0.39, 0.29) is 0 Å². The van der Waals surface area contributed by atoms with Crippen LogP contribution in [0.1, 0.15) is 25.2 Å². The van der Waals surface area contributed by atoms with Gasteiger partial charge >= 0.3 is 0 Å². The van der Waals surface area contributed by atoms with Crippen LogP contribution in [0.4, 0.5) is 0 Å². The summed E-state index contributed by atoms with van der Waals surface area (Å²) in [7, 11) is 0. The smallest absolute Gasteiger partial charge is 0.227 e. The molecule has 1 aromatic heterocycles. The number of aromatic nitrogens is 2. The summed E-state index contributed by atoms with van der Waals surface area (Å²) in [6.07, 6.45) is 4.48. The van der Waals surface area contributed by atoms with Gasteiger partial charge < -0.3 is 9.84 Å². The van der Waals surface area contributed by atoms with Gasteiger partial charge in [0.25, 0.3) is 0 Å². The van der Waals surface area contributed by atoms with Crippen molar-refractivity contribution in [1.82, 2.24) is 15.5 Å². The predicted octanol–water partition coefficient (Wildman–Crippen LogP) is 2.42. The Hall–Kier alpha value is -1.68. The third-order valence-electron chi connectivity index (χ3n) is 3.37. The van der Waals surface area contributed by atoms with E-state index >= 15 is 0 Å². The van der Waals surface area contributed by atoms with Gasteiger partial charge in [0.15, 0.2) is 0 Å². The van der Waals surface area contributed by atoms with E-state index in [9.17, 15) is 0 Å². The second kappa shape index (κ2) is 5.31. The molecule has 0 aliphatic carbocycles. The Morgan fingerprint density at radius 3 is 2.94 bits per heavy atom. The number of benzene rings is 1. The maximum absolute atomic E-state index is 5.29. The standard InChI is InChI=1S/C14H17N3O/c1-2-5-11(6-3-1)14-16-13(18-17-14)9-8-12-7-4-10-15-12/h1-3,5-6,12,15H,4,7-10H2. The summed E-state index contributed by atoms with van der Waals surface area (Å²) in [5.74, 6) is 1.42. The number of hydrogen-bond acceptors (Lipinski definition) is 4. The SMILES string of the molecule is c1ccc(-c2noc(CCC3CCCN3)n2)cc1. The van der Waals surface area contributed by atoms with Gasteiger partial charge in [0.1, 0.15) is 0 Å². The molecular weight excluding hydrogens is 226 g/mol. The lowest BCUT2D eigenvalue weighted by Gasteiger charge is -2.06. The summed E-state index contributed by atoms with van der Waals surface area (Å²) in [4.78, 5) is 4.44. The highest BCUT2D eigenvalue weighted by atomic mass is 16.5. The highest BCUT2D eigenvalue weighted by Gasteiger charge is 2.15. The topological polar surface area (TPSA) is 51.0 Å². The Morgan fingerprint density at radius 1 is 1.28 bits per heavy atom. The van der Waals surface area contributed by atoms with E-state index < -0.39 is 0 Å². The van der Waals surface area contributed by atoms with Crippen molar-refractivity contribution in [1.29, 1.82) is 0 Å². The molecule has 2 aromatic rings. The number of nitrogens with zero attached hydrogens (tertiary/aromatic N) is 2. The Bertz CT molecular complexity index is 489. The first kappa shape index (κ1) is 11.4. The first-order chi connectivity index (χ1) is 8.92. The zero-order valence-electron chi connectivity index (χ0n) is 10.3. The molecule has 0 bridgehead atoms. The zero-order chi connectivity index (χ0) is 12.2. The Kier molecular flexibility index (Phi) is 3.37. The van der Waals surface area contributed by atoms with Crippen LogP contribution < -0.4 is 5.32 Å². The van der Waals surface area contributed by atoms with Crippen LogP contribution in [0.3, 0.4) is 0 Å². The Balaban J connectivity index is 1.63. The van der Waals surface area contributed by atoms with Gasteiger partial charge in [-0.05, 0) is 25.8 Å². The van der Waals surface area contributed by atoms with Gasteiger partial charge in [0.2, 0.25) is 11.7 Å². The average Bonchev–Trinajstić information content (AvgIpc) is 3.09. The third kappa shape index (κ3) is 2.59. The summed E-state index contributed by atoms with van der Waals surface area (Å²) in [6, 6.07) is 10.6. The predicted molar refractivity (Wildman–Crippen MR) is 69.1 cm³/mol. The van der Waals surface area contributed by atoms with Gasteiger partial charge in [-0.3, -0.25) is 0 Å². The van der Waals surface area contributed by atoms with Gasteiger partial charge in [0.05, 0.1) is 0 Å². The molecule has 1 aromatic carbocycles. The van der Waals surface area contributed by atoms with Crippen LogP contribution in [0.25, 0.3) is 11.4 Å². The average molecular weight is 243 g/mol.